The summed E-state index contributed by atoms with van der Waals surface area (Å²) in [5, 5.41) is 0.787. The lowest BCUT2D eigenvalue weighted by molar-refractivity contribution is -0.117. The molecule has 0 saturated heterocycles. The second-order valence-electron chi connectivity index (χ2n) is 6.76. The Morgan fingerprint density at radius 1 is 1.21 bits per heavy atom. The van der Waals surface area contributed by atoms with Crippen LogP contribution in [0.25, 0.3) is 16.6 Å². The number of amides is 1. The minimum absolute atomic E-state index is 0.233. The van der Waals surface area contributed by atoms with E-state index in [1.54, 1.807) is 25.1 Å². The van der Waals surface area contributed by atoms with E-state index in [0.29, 0.717) is 32.7 Å². The van der Waals surface area contributed by atoms with Gasteiger partial charge < -0.3 is 5.73 Å². The molecule has 3 aromatic rings. The topological polar surface area (TPSA) is 78.0 Å². The fourth-order valence-corrected chi connectivity index (χ4v) is 3.90. The Bertz CT molecular complexity index is 1080. The van der Waals surface area contributed by atoms with Gasteiger partial charge in [-0.3, -0.25) is 14.2 Å². The number of hydrogen-bond acceptors (Lipinski definition) is 4. The van der Waals surface area contributed by atoms with Crippen molar-refractivity contribution in [1.29, 1.82) is 0 Å². The maximum absolute atomic E-state index is 13.3. The molecule has 0 aliphatic heterocycles. The Hall–Kier alpha value is -2.31. The average molecular weight is 416 g/mol. The molecule has 0 saturated carbocycles. The number of nitrogens with zero attached hydrogens (tertiary/aromatic N) is 2. The number of primary amides is 1. The van der Waals surface area contributed by atoms with Gasteiger partial charge in [-0.2, -0.15) is 0 Å². The zero-order valence-corrected chi connectivity index (χ0v) is 17.6. The monoisotopic (exact) mass is 415 g/mol. The molecule has 28 heavy (non-hydrogen) atoms. The van der Waals surface area contributed by atoms with Crippen molar-refractivity contribution >= 4 is 40.2 Å². The summed E-state index contributed by atoms with van der Waals surface area (Å²) in [7, 11) is 0. The van der Waals surface area contributed by atoms with Gasteiger partial charge in [0.1, 0.15) is 0 Å². The fraction of sp³-hybridized carbons (Fsp3) is 0.286. The maximum Gasteiger partial charge on any atom is 0.266 e. The largest absolute Gasteiger partial charge is 0.369 e. The number of aromatic nitrogens is 2. The van der Waals surface area contributed by atoms with Gasteiger partial charge in [-0.25, -0.2) is 4.98 Å². The molecule has 0 fully saturated rings. The van der Waals surface area contributed by atoms with Crippen LogP contribution in [0.2, 0.25) is 5.02 Å². The van der Waals surface area contributed by atoms with Gasteiger partial charge in [0.2, 0.25) is 5.91 Å². The standard InChI is InChI=1S/C21H22ClN3O2S/c1-4-12(2)14-5-8-16(9-6-14)25-20(27)17-11-15(22)7-10-18(17)24-21(25)28-13(3)19(23)26/h5-13H,4H2,1-3H3,(H2,23,26)/t12-,13+/m1/s1. The first-order valence-corrected chi connectivity index (χ1v) is 10.4. The minimum atomic E-state index is -0.526. The first kappa shape index (κ1) is 20.4. The third kappa shape index (κ3) is 4.08. The Labute approximate surface area is 172 Å². The lowest BCUT2D eigenvalue weighted by Gasteiger charge is -2.16. The number of rotatable bonds is 6. The number of thioether (sulfide) groups is 1. The van der Waals surface area contributed by atoms with E-state index in [9.17, 15) is 9.59 Å². The third-order valence-electron chi connectivity index (χ3n) is 4.82. The molecule has 2 N–H and O–H groups in total. The molecule has 0 spiro atoms. The van der Waals surface area contributed by atoms with Crippen LogP contribution in [-0.2, 0) is 4.79 Å². The summed E-state index contributed by atoms with van der Waals surface area (Å²) >= 11 is 7.25. The predicted octanol–water partition coefficient (Wildman–Crippen LogP) is 4.52. The molecule has 5 nitrogen and oxygen atoms in total. The summed E-state index contributed by atoms with van der Waals surface area (Å²) in [6.45, 7) is 6.00. The summed E-state index contributed by atoms with van der Waals surface area (Å²) < 4.78 is 1.52. The molecule has 1 heterocycles. The highest BCUT2D eigenvalue weighted by Gasteiger charge is 2.19. The van der Waals surface area contributed by atoms with E-state index >= 15 is 0 Å². The van der Waals surface area contributed by atoms with Gasteiger partial charge in [-0.1, -0.05) is 49.3 Å². The van der Waals surface area contributed by atoms with E-state index in [1.165, 1.54) is 21.9 Å². The third-order valence-corrected chi connectivity index (χ3v) is 6.12. The number of carbonyl (C=O) groups excluding carboxylic acids is 1. The van der Waals surface area contributed by atoms with Gasteiger partial charge in [0.15, 0.2) is 5.16 Å². The van der Waals surface area contributed by atoms with Gasteiger partial charge in [0.25, 0.3) is 5.56 Å². The van der Waals surface area contributed by atoms with Crippen LogP contribution in [0.4, 0.5) is 0 Å². The molecule has 7 heteroatoms. The van der Waals surface area contributed by atoms with E-state index in [2.05, 4.69) is 18.8 Å². The van der Waals surface area contributed by atoms with E-state index in [1.807, 2.05) is 24.3 Å². The second kappa shape index (κ2) is 8.37. The molecule has 3 rings (SSSR count). The molecule has 0 aliphatic rings. The molecule has 1 aromatic heterocycles. The van der Waals surface area contributed by atoms with Gasteiger partial charge in [0, 0.05) is 5.02 Å². The molecular weight excluding hydrogens is 394 g/mol. The predicted molar refractivity (Wildman–Crippen MR) is 116 cm³/mol. The van der Waals surface area contributed by atoms with Gasteiger partial charge >= 0.3 is 0 Å². The van der Waals surface area contributed by atoms with Crippen LogP contribution in [0, 0.1) is 0 Å². The SMILES string of the molecule is CC[C@@H](C)c1ccc(-n2c(S[C@@H](C)C(N)=O)nc3ccc(Cl)cc3c2=O)cc1. The van der Waals surface area contributed by atoms with Crippen molar-refractivity contribution in [2.24, 2.45) is 5.73 Å². The van der Waals surface area contributed by atoms with Crippen molar-refractivity contribution in [3.05, 3.63) is 63.4 Å². The number of hydrogen-bond donors (Lipinski definition) is 1. The van der Waals surface area contributed by atoms with Gasteiger partial charge in [0.05, 0.1) is 21.8 Å². The van der Waals surface area contributed by atoms with Crippen LogP contribution in [0.3, 0.4) is 0 Å². The van der Waals surface area contributed by atoms with Crippen LogP contribution in [0.1, 0.15) is 38.7 Å². The summed E-state index contributed by atoms with van der Waals surface area (Å²) in [4.78, 5) is 29.4. The average Bonchev–Trinajstić information content (AvgIpc) is 2.68. The molecular formula is C21H22ClN3O2S. The number of halogens is 1. The van der Waals surface area contributed by atoms with E-state index in [4.69, 9.17) is 17.3 Å². The number of fused-ring (bicyclic) bond motifs is 1. The lowest BCUT2D eigenvalue weighted by Crippen LogP contribution is -2.26. The number of nitrogens with two attached hydrogens (primary N) is 1. The molecule has 1 amide bonds. The van der Waals surface area contributed by atoms with Crippen LogP contribution >= 0.6 is 23.4 Å². The first-order valence-electron chi connectivity index (χ1n) is 9.10. The van der Waals surface area contributed by atoms with Crippen molar-refractivity contribution in [3.63, 3.8) is 0 Å². The zero-order chi connectivity index (χ0) is 20.4. The van der Waals surface area contributed by atoms with Crippen LogP contribution < -0.4 is 11.3 Å². The molecule has 146 valence electrons. The van der Waals surface area contributed by atoms with Crippen molar-refractivity contribution < 1.29 is 4.79 Å². The zero-order valence-electron chi connectivity index (χ0n) is 16.0. The first-order chi connectivity index (χ1) is 13.3. The summed E-state index contributed by atoms with van der Waals surface area (Å²) in [6.07, 6.45) is 1.03. The molecule has 2 aromatic carbocycles. The van der Waals surface area contributed by atoms with Gasteiger partial charge in [-0.15, -0.1) is 0 Å². The van der Waals surface area contributed by atoms with Crippen molar-refractivity contribution in [2.75, 3.05) is 0 Å². The molecule has 2 atom stereocenters. The Morgan fingerprint density at radius 2 is 1.89 bits per heavy atom. The van der Waals surface area contributed by atoms with E-state index in [-0.39, 0.29) is 5.56 Å². The maximum atomic E-state index is 13.3. The molecule has 0 aliphatic carbocycles. The van der Waals surface area contributed by atoms with Crippen LogP contribution in [0.15, 0.2) is 52.4 Å². The lowest BCUT2D eigenvalue weighted by atomic mass is 9.98. The molecule has 0 bridgehead atoms. The minimum Gasteiger partial charge on any atom is -0.369 e. The smallest absolute Gasteiger partial charge is 0.266 e. The highest BCUT2D eigenvalue weighted by molar-refractivity contribution is 8.00. The van der Waals surface area contributed by atoms with Crippen molar-refractivity contribution in [2.45, 2.75) is 43.5 Å². The highest BCUT2D eigenvalue weighted by Crippen LogP contribution is 2.27. The Balaban J connectivity index is 2.21. The summed E-state index contributed by atoms with van der Waals surface area (Å²) in [5.41, 5.74) is 7.60. The Morgan fingerprint density at radius 3 is 2.50 bits per heavy atom. The second-order valence-corrected chi connectivity index (χ2v) is 8.50. The molecule has 0 radical (unpaired) electrons. The Kier molecular flexibility index (Phi) is 6.10. The summed E-state index contributed by atoms with van der Waals surface area (Å²) in [6, 6.07) is 12.8. The number of benzene rings is 2. The quantitative estimate of drug-likeness (QED) is 0.474. The highest BCUT2D eigenvalue weighted by atomic mass is 35.5. The van der Waals surface area contributed by atoms with Crippen molar-refractivity contribution in [3.8, 4) is 5.69 Å². The fourth-order valence-electron chi connectivity index (χ4n) is 2.85. The number of carbonyl (C=O) groups is 1. The van der Waals surface area contributed by atoms with Crippen LogP contribution in [-0.4, -0.2) is 20.7 Å². The normalized spacial score (nSPS) is 13.4. The molecule has 0 unspecified atom stereocenters. The van der Waals surface area contributed by atoms with Gasteiger partial charge in [-0.05, 0) is 55.2 Å². The summed E-state index contributed by atoms with van der Waals surface area (Å²) in [5.74, 6) is -0.0304. The van der Waals surface area contributed by atoms with E-state index in [0.717, 1.165) is 6.42 Å². The van der Waals surface area contributed by atoms with Crippen LogP contribution in [0.5, 0.6) is 0 Å². The van der Waals surface area contributed by atoms with Crippen molar-refractivity contribution in [1.82, 2.24) is 9.55 Å². The van der Waals surface area contributed by atoms with E-state index < -0.39 is 11.2 Å².